The van der Waals surface area contributed by atoms with Gasteiger partial charge in [0.05, 0.1) is 0 Å². The maximum atomic E-state index is 10.8. The molecule has 2 amide bonds. The molecule has 0 spiro atoms. The molecule has 1 rings (SSSR count). The zero-order valence-corrected chi connectivity index (χ0v) is 7.31. The van der Waals surface area contributed by atoms with Crippen LogP contribution in [0.2, 0.25) is 0 Å². The highest BCUT2D eigenvalue weighted by Gasteiger charge is 2.19. The number of hydrogen-bond donors (Lipinski definition) is 1. The van der Waals surface area contributed by atoms with Crippen molar-refractivity contribution in [3.63, 3.8) is 0 Å². The van der Waals surface area contributed by atoms with E-state index >= 15 is 0 Å². The Morgan fingerprint density at radius 2 is 2.33 bits per heavy atom. The number of hydrogen-bond acceptors (Lipinski definition) is 4. The van der Waals surface area contributed by atoms with E-state index in [2.05, 4.69) is 9.68 Å². The quantitative estimate of drug-likeness (QED) is 0.565. The molecule has 0 aliphatic carbocycles. The SMILES string of the molecule is O=C(N=S(=O)=O)S1=CCNC1=O. The fourth-order valence-electron chi connectivity index (χ4n) is 0.613. The number of amides is 2. The van der Waals surface area contributed by atoms with Crippen molar-refractivity contribution in [2.75, 3.05) is 6.54 Å². The number of carbonyl (C=O) groups is 2. The summed E-state index contributed by atoms with van der Waals surface area (Å²) in [7, 11) is -4.09. The molecule has 0 saturated heterocycles. The predicted molar refractivity (Wildman–Crippen MR) is 43.8 cm³/mol. The molecule has 0 aromatic heterocycles. The van der Waals surface area contributed by atoms with Crippen LogP contribution in [-0.2, 0) is 10.5 Å². The maximum Gasteiger partial charge on any atom is 0.322 e. The van der Waals surface area contributed by atoms with Crippen LogP contribution in [0.5, 0.6) is 0 Å². The maximum absolute atomic E-state index is 10.8. The third-order valence-electron chi connectivity index (χ3n) is 1.03. The Hall–Kier alpha value is -1.02. The minimum Gasteiger partial charge on any atom is -0.343 e. The monoisotopic (exact) mass is 208 g/mol. The Morgan fingerprint density at radius 3 is 2.75 bits per heavy atom. The van der Waals surface area contributed by atoms with Crippen molar-refractivity contribution >= 4 is 36.8 Å². The summed E-state index contributed by atoms with van der Waals surface area (Å²) in [4.78, 5) is 21.6. The van der Waals surface area contributed by atoms with E-state index in [1.165, 1.54) is 5.37 Å². The van der Waals surface area contributed by atoms with Gasteiger partial charge in [0, 0.05) is 6.54 Å². The van der Waals surface area contributed by atoms with Crippen LogP contribution in [0.4, 0.5) is 9.59 Å². The molecular weight excluding hydrogens is 204 g/mol. The van der Waals surface area contributed by atoms with E-state index in [0.29, 0.717) is 0 Å². The Balaban J connectivity index is 2.92. The van der Waals surface area contributed by atoms with Gasteiger partial charge >= 0.3 is 15.7 Å². The van der Waals surface area contributed by atoms with Crippen molar-refractivity contribution in [2.24, 2.45) is 4.36 Å². The first-order valence-corrected chi connectivity index (χ1v) is 5.12. The van der Waals surface area contributed by atoms with Gasteiger partial charge in [-0.3, -0.25) is 9.59 Å². The van der Waals surface area contributed by atoms with Crippen molar-refractivity contribution in [3.05, 3.63) is 0 Å². The van der Waals surface area contributed by atoms with Gasteiger partial charge in [0.2, 0.25) is 0 Å². The van der Waals surface area contributed by atoms with Crippen LogP contribution in [0.3, 0.4) is 0 Å². The van der Waals surface area contributed by atoms with E-state index in [1.807, 2.05) is 0 Å². The summed E-state index contributed by atoms with van der Waals surface area (Å²) in [6.45, 7) is 0.286. The lowest BCUT2D eigenvalue weighted by Gasteiger charge is -1.91. The van der Waals surface area contributed by atoms with Crippen molar-refractivity contribution in [1.29, 1.82) is 0 Å². The molecule has 0 saturated carbocycles. The molecule has 1 unspecified atom stereocenters. The lowest BCUT2D eigenvalue weighted by molar-refractivity contribution is 0.261. The number of nitrogens with one attached hydrogen (secondary N) is 1. The van der Waals surface area contributed by atoms with Gasteiger partial charge in [-0.1, -0.05) is 4.36 Å². The van der Waals surface area contributed by atoms with Crippen molar-refractivity contribution < 1.29 is 18.0 Å². The summed E-state index contributed by atoms with van der Waals surface area (Å²) >= 11 is 0. The standard InChI is InChI=1S/C4H4N2O4S2/c7-3-5-1-2-11(3)4(8)6-12(9)10/h2H,1H2,(H,5,7). The summed E-state index contributed by atoms with van der Waals surface area (Å²) in [5.74, 6) is 0. The molecule has 0 radical (unpaired) electrons. The molecular formula is C4H4N2O4S2. The minimum atomic E-state index is -2.77. The lowest BCUT2D eigenvalue weighted by Crippen LogP contribution is -2.14. The molecule has 1 N–H and O–H groups in total. The van der Waals surface area contributed by atoms with Gasteiger partial charge in [-0.25, -0.2) is 0 Å². The highest BCUT2D eigenvalue weighted by molar-refractivity contribution is 8.39. The molecule has 6 nitrogen and oxygen atoms in total. The first-order chi connectivity index (χ1) is 5.61. The first-order valence-electron chi connectivity index (χ1n) is 2.80. The zero-order valence-electron chi connectivity index (χ0n) is 5.68. The fraction of sp³-hybridized carbons (Fsp3) is 0.250. The van der Waals surface area contributed by atoms with E-state index < -0.39 is 31.5 Å². The number of carbonyl (C=O) groups excluding carboxylic acids is 2. The topological polar surface area (TPSA) is 92.7 Å². The lowest BCUT2D eigenvalue weighted by atomic mass is 10.8. The number of rotatable bonds is 0. The highest BCUT2D eigenvalue weighted by Crippen LogP contribution is 2.18. The molecule has 1 aliphatic rings. The van der Waals surface area contributed by atoms with Gasteiger partial charge in [0.15, 0.2) is 0 Å². The van der Waals surface area contributed by atoms with Gasteiger partial charge in [0.1, 0.15) is 0 Å². The van der Waals surface area contributed by atoms with Crippen molar-refractivity contribution in [2.45, 2.75) is 0 Å². The van der Waals surface area contributed by atoms with Crippen LogP contribution in [0.15, 0.2) is 4.36 Å². The summed E-state index contributed by atoms with van der Waals surface area (Å²) in [5.41, 5.74) is 0. The Kier molecular flexibility index (Phi) is 2.71. The molecule has 1 aliphatic heterocycles. The van der Waals surface area contributed by atoms with Gasteiger partial charge in [-0.15, -0.1) is 0 Å². The average Bonchev–Trinajstić information content (AvgIpc) is 2.33. The number of nitrogens with zero attached hydrogens (tertiary/aromatic N) is 1. The fourth-order valence-corrected chi connectivity index (χ4v) is 2.18. The van der Waals surface area contributed by atoms with Gasteiger partial charge < -0.3 is 5.32 Å². The molecule has 1 heterocycles. The van der Waals surface area contributed by atoms with E-state index in [-0.39, 0.29) is 6.54 Å². The van der Waals surface area contributed by atoms with E-state index in [1.54, 1.807) is 0 Å². The van der Waals surface area contributed by atoms with Gasteiger partial charge in [0.25, 0.3) is 5.24 Å². The van der Waals surface area contributed by atoms with Gasteiger partial charge in [-0.2, -0.15) is 8.42 Å². The minimum absolute atomic E-state index is 0.286. The van der Waals surface area contributed by atoms with Crippen LogP contribution in [0.25, 0.3) is 0 Å². The first kappa shape index (κ1) is 9.07. The largest absolute Gasteiger partial charge is 0.343 e. The second-order valence-electron chi connectivity index (χ2n) is 1.75. The summed E-state index contributed by atoms with van der Waals surface area (Å²) in [6.07, 6.45) is 0. The van der Waals surface area contributed by atoms with Crippen LogP contribution >= 0.6 is 10.5 Å². The molecule has 0 fully saturated rings. The van der Waals surface area contributed by atoms with E-state index in [4.69, 9.17) is 0 Å². The Bertz CT molecular complexity index is 385. The molecule has 66 valence electrons. The molecule has 0 aromatic carbocycles. The third-order valence-corrected chi connectivity index (χ3v) is 2.98. The smallest absolute Gasteiger partial charge is 0.322 e. The van der Waals surface area contributed by atoms with E-state index in [0.717, 1.165) is 0 Å². The molecule has 8 heteroatoms. The molecule has 0 aromatic rings. The normalized spacial score (nSPS) is 21.0. The van der Waals surface area contributed by atoms with Crippen LogP contribution in [0, 0.1) is 0 Å². The van der Waals surface area contributed by atoms with Gasteiger partial charge in [-0.05, 0) is 15.9 Å². The summed E-state index contributed by atoms with van der Waals surface area (Å²) in [5, 5.41) is 2.37. The van der Waals surface area contributed by atoms with E-state index in [9.17, 15) is 18.0 Å². The average molecular weight is 208 g/mol. The molecule has 12 heavy (non-hydrogen) atoms. The Morgan fingerprint density at radius 1 is 1.67 bits per heavy atom. The van der Waals surface area contributed by atoms with Crippen LogP contribution < -0.4 is 5.32 Å². The van der Waals surface area contributed by atoms with Crippen molar-refractivity contribution in [3.8, 4) is 0 Å². The summed E-state index contributed by atoms with van der Waals surface area (Å²) < 4.78 is 22.6. The second-order valence-corrected chi connectivity index (χ2v) is 4.09. The predicted octanol–water partition coefficient (Wildman–Crippen LogP) is -0.0366. The second kappa shape index (κ2) is 3.59. The van der Waals surface area contributed by atoms with Crippen molar-refractivity contribution in [1.82, 2.24) is 5.32 Å². The highest BCUT2D eigenvalue weighted by atomic mass is 32.2. The molecule has 0 bridgehead atoms. The van der Waals surface area contributed by atoms with Crippen LogP contribution in [-0.4, -0.2) is 30.8 Å². The summed E-state index contributed by atoms with van der Waals surface area (Å²) in [6, 6.07) is 0. The zero-order chi connectivity index (χ0) is 9.14. The third kappa shape index (κ3) is 1.98. The molecule has 1 atom stereocenters. The van der Waals surface area contributed by atoms with Crippen LogP contribution in [0.1, 0.15) is 0 Å². The Labute approximate surface area is 71.6 Å².